The Bertz CT molecular complexity index is 517. The van der Waals surface area contributed by atoms with Crippen molar-refractivity contribution in [3.8, 4) is 5.88 Å². The van der Waals surface area contributed by atoms with Crippen LogP contribution in [-0.4, -0.2) is 27.2 Å². The monoisotopic (exact) mass is 273 g/mol. The molecule has 0 aliphatic rings. The minimum atomic E-state index is -0.532. The Morgan fingerprint density at radius 1 is 1.33 bits per heavy atom. The van der Waals surface area contributed by atoms with Gasteiger partial charge in [0, 0.05) is 17.4 Å². The molecule has 0 radical (unpaired) electrons. The molecule has 1 rings (SSSR count). The van der Waals surface area contributed by atoms with E-state index < -0.39 is 11.2 Å². The van der Waals surface area contributed by atoms with E-state index in [9.17, 15) is 14.7 Å². The molecule has 0 aliphatic carbocycles. The molecule has 0 spiro atoms. The number of H-pyrrole nitrogens is 1. The molecule has 1 heterocycles. The van der Waals surface area contributed by atoms with Crippen LogP contribution < -0.4 is 11.2 Å². The Morgan fingerprint density at radius 3 is 2.44 bits per heavy atom. The van der Waals surface area contributed by atoms with Crippen molar-refractivity contribution in [2.24, 2.45) is 5.92 Å². The molecule has 1 aromatic rings. The van der Waals surface area contributed by atoms with Crippen LogP contribution in [0.25, 0.3) is 0 Å². The molecule has 0 saturated heterocycles. The van der Waals surface area contributed by atoms with E-state index >= 15 is 0 Å². The van der Waals surface area contributed by atoms with Crippen LogP contribution in [0.3, 0.4) is 0 Å². The molecule has 6 heteroatoms. The van der Waals surface area contributed by atoms with Gasteiger partial charge in [-0.05, 0) is 18.8 Å². The molecule has 102 valence electrons. The summed E-state index contributed by atoms with van der Waals surface area (Å²) in [4.78, 5) is 25.8. The number of rotatable bonds is 5. The number of aromatic amines is 1. The van der Waals surface area contributed by atoms with Gasteiger partial charge in [-0.1, -0.05) is 13.8 Å². The topological polar surface area (TPSA) is 75.1 Å². The van der Waals surface area contributed by atoms with E-state index in [4.69, 9.17) is 0 Å². The van der Waals surface area contributed by atoms with Crippen molar-refractivity contribution in [1.29, 1.82) is 0 Å². The van der Waals surface area contributed by atoms with Crippen LogP contribution in [0.5, 0.6) is 5.88 Å². The molecule has 0 saturated carbocycles. The quantitative estimate of drug-likeness (QED) is 0.783. The van der Waals surface area contributed by atoms with Crippen LogP contribution in [0.2, 0.25) is 0 Å². The van der Waals surface area contributed by atoms with Crippen molar-refractivity contribution >= 4 is 10.9 Å². The van der Waals surface area contributed by atoms with E-state index in [1.54, 1.807) is 0 Å². The average molecular weight is 273 g/mol. The standard InChI is InChI=1S/C12H20N2O3S/c1-8(2)6-5-7-14-11(16)9(18(3)4)10(15)13-12(14)17/h8H,5-7H2,1-4H3,(H-,13,15,16,17)/p+1. The lowest BCUT2D eigenvalue weighted by Gasteiger charge is -2.10. The molecular formula is C12H21N2O3S+. The predicted molar refractivity (Wildman–Crippen MR) is 74.5 cm³/mol. The molecular weight excluding hydrogens is 252 g/mol. The highest BCUT2D eigenvalue weighted by molar-refractivity contribution is 7.95. The van der Waals surface area contributed by atoms with Crippen molar-refractivity contribution in [3.63, 3.8) is 0 Å². The van der Waals surface area contributed by atoms with Crippen LogP contribution in [0, 0.1) is 5.92 Å². The summed E-state index contributed by atoms with van der Waals surface area (Å²) in [5.74, 6) is 0.373. The largest absolute Gasteiger partial charge is 0.491 e. The van der Waals surface area contributed by atoms with Crippen molar-refractivity contribution in [2.45, 2.75) is 38.1 Å². The van der Waals surface area contributed by atoms with Crippen LogP contribution in [0.1, 0.15) is 26.7 Å². The lowest BCUT2D eigenvalue weighted by molar-refractivity contribution is 0.374. The fourth-order valence-electron chi connectivity index (χ4n) is 1.77. The van der Waals surface area contributed by atoms with Crippen LogP contribution in [-0.2, 0) is 17.4 Å². The highest BCUT2D eigenvalue weighted by atomic mass is 32.2. The van der Waals surface area contributed by atoms with Gasteiger partial charge in [-0.3, -0.25) is 14.3 Å². The summed E-state index contributed by atoms with van der Waals surface area (Å²) >= 11 is 0. The van der Waals surface area contributed by atoms with Crippen LogP contribution >= 0.6 is 0 Å². The van der Waals surface area contributed by atoms with Gasteiger partial charge in [0.15, 0.2) is 0 Å². The second-order valence-corrected chi connectivity index (χ2v) is 6.96. The second-order valence-electron chi connectivity index (χ2n) is 4.92. The average Bonchev–Trinajstić information content (AvgIpc) is 2.21. The summed E-state index contributed by atoms with van der Waals surface area (Å²) in [5.41, 5.74) is -1.01. The van der Waals surface area contributed by atoms with Gasteiger partial charge in [0.2, 0.25) is 0 Å². The lowest BCUT2D eigenvalue weighted by Crippen LogP contribution is -2.33. The van der Waals surface area contributed by atoms with E-state index in [1.165, 1.54) is 4.57 Å². The molecule has 0 aliphatic heterocycles. The smallest absolute Gasteiger partial charge is 0.331 e. The van der Waals surface area contributed by atoms with Gasteiger partial charge in [0.05, 0.1) is 0 Å². The van der Waals surface area contributed by atoms with Crippen LogP contribution in [0.15, 0.2) is 14.5 Å². The van der Waals surface area contributed by atoms with Gasteiger partial charge in [0.25, 0.3) is 10.8 Å². The number of aromatic nitrogens is 2. The van der Waals surface area contributed by atoms with Crippen molar-refractivity contribution in [1.82, 2.24) is 9.55 Å². The summed E-state index contributed by atoms with van der Waals surface area (Å²) in [6, 6.07) is 0. The number of nitrogens with zero attached hydrogens (tertiary/aromatic N) is 1. The molecule has 5 nitrogen and oxygen atoms in total. The SMILES string of the molecule is CC(C)CCCn1c(O)c([S+](C)C)c(=O)[nH]c1=O. The summed E-state index contributed by atoms with van der Waals surface area (Å²) in [6.07, 6.45) is 5.46. The zero-order chi connectivity index (χ0) is 13.9. The van der Waals surface area contributed by atoms with Gasteiger partial charge in [0.1, 0.15) is 12.5 Å². The first-order chi connectivity index (χ1) is 8.34. The van der Waals surface area contributed by atoms with Gasteiger partial charge in [-0.25, -0.2) is 4.79 Å². The number of aromatic hydroxyl groups is 1. The summed E-state index contributed by atoms with van der Waals surface area (Å²) in [5, 5.41) is 10.0. The fraction of sp³-hybridized carbons (Fsp3) is 0.667. The zero-order valence-electron chi connectivity index (χ0n) is 11.3. The highest BCUT2D eigenvalue weighted by Gasteiger charge is 2.24. The maximum Gasteiger partial charge on any atom is 0.331 e. The molecule has 0 aromatic carbocycles. The minimum absolute atomic E-state index is 0.180. The van der Waals surface area contributed by atoms with E-state index in [-0.39, 0.29) is 16.8 Å². The third-order valence-electron chi connectivity index (χ3n) is 2.70. The Labute approximate surface area is 109 Å². The highest BCUT2D eigenvalue weighted by Crippen LogP contribution is 2.17. The zero-order valence-corrected chi connectivity index (χ0v) is 12.1. The number of nitrogens with one attached hydrogen (secondary N) is 1. The summed E-state index contributed by atoms with van der Waals surface area (Å²) in [6.45, 7) is 4.65. The van der Waals surface area contributed by atoms with Gasteiger partial charge >= 0.3 is 11.2 Å². The van der Waals surface area contributed by atoms with Crippen molar-refractivity contribution in [3.05, 3.63) is 20.8 Å². The number of hydrogen-bond donors (Lipinski definition) is 2. The second kappa shape index (κ2) is 6.13. The minimum Gasteiger partial charge on any atom is -0.491 e. The van der Waals surface area contributed by atoms with Crippen molar-refractivity contribution in [2.75, 3.05) is 12.5 Å². The molecule has 0 fully saturated rings. The predicted octanol–water partition coefficient (Wildman–Crippen LogP) is 0.915. The van der Waals surface area contributed by atoms with Crippen LogP contribution in [0.4, 0.5) is 0 Å². The van der Waals surface area contributed by atoms with E-state index in [0.29, 0.717) is 17.4 Å². The number of hydrogen-bond acceptors (Lipinski definition) is 3. The first-order valence-corrected chi connectivity index (χ1v) is 8.02. The van der Waals surface area contributed by atoms with E-state index in [0.717, 1.165) is 12.8 Å². The van der Waals surface area contributed by atoms with Gasteiger partial charge < -0.3 is 5.11 Å². The lowest BCUT2D eigenvalue weighted by atomic mass is 10.1. The molecule has 0 atom stereocenters. The third kappa shape index (κ3) is 3.41. The Kier molecular flexibility index (Phi) is 5.07. The molecule has 1 aromatic heterocycles. The van der Waals surface area contributed by atoms with E-state index in [1.807, 2.05) is 12.5 Å². The first-order valence-electron chi connectivity index (χ1n) is 5.98. The molecule has 2 N–H and O–H groups in total. The molecule has 0 unspecified atom stereocenters. The maximum atomic E-state index is 11.7. The Morgan fingerprint density at radius 2 is 1.94 bits per heavy atom. The third-order valence-corrected chi connectivity index (χ3v) is 3.89. The molecule has 18 heavy (non-hydrogen) atoms. The van der Waals surface area contributed by atoms with Gasteiger partial charge in [-0.2, -0.15) is 0 Å². The Hall–Kier alpha value is -1.17. The Balaban J connectivity index is 3.08. The first kappa shape index (κ1) is 14.9. The van der Waals surface area contributed by atoms with Gasteiger partial charge in [-0.15, -0.1) is 0 Å². The van der Waals surface area contributed by atoms with Crippen molar-refractivity contribution < 1.29 is 5.11 Å². The fourth-order valence-corrected chi connectivity index (χ4v) is 2.67. The van der Waals surface area contributed by atoms with E-state index in [2.05, 4.69) is 18.8 Å². The maximum absolute atomic E-state index is 11.7. The summed E-state index contributed by atoms with van der Waals surface area (Å²) in [7, 11) is -0.388. The molecule has 0 bridgehead atoms. The normalized spacial score (nSPS) is 11.4. The molecule has 0 amide bonds. The summed E-state index contributed by atoms with van der Waals surface area (Å²) < 4.78 is 1.26.